The predicted octanol–water partition coefficient (Wildman–Crippen LogP) is 3.09. The highest BCUT2D eigenvalue weighted by atomic mass is 19.1. The van der Waals surface area contributed by atoms with E-state index in [4.69, 9.17) is 9.47 Å². The summed E-state index contributed by atoms with van der Waals surface area (Å²) in [4.78, 5) is 11.9. The molecule has 2 aromatic carbocycles. The molecule has 2 aromatic rings. The Morgan fingerprint density at radius 1 is 1.17 bits per heavy atom. The first-order chi connectivity index (χ1) is 11.1. The lowest BCUT2D eigenvalue weighted by molar-refractivity contribution is -0.123. The van der Waals surface area contributed by atoms with Gasteiger partial charge in [-0.25, -0.2) is 4.39 Å². The van der Waals surface area contributed by atoms with Crippen LogP contribution in [0.15, 0.2) is 42.5 Å². The summed E-state index contributed by atoms with van der Waals surface area (Å²) >= 11 is 0. The number of hydrogen-bond donors (Lipinski definition) is 1. The molecular weight excluding hydrogens is 297 g/mol. The van der Waals surface area contributed by atoms with E-state index in [0.717, 1.165) is 17.7 Å². The molecule has 0 bridgehead atoms. The summed E-state index contributed by atoms with van der Waals surface area (Å²) in [5.41, 5.74) is 2.10. The molecule has 23 heavy (non-hydrogen) atoms. The molecule has 5 heteroatoms. The van der Waals surface area contributed by atoms with E-state index in [1.54, 1.807) is 7.11 Å². The van der Waals surface area contributed by atoms with Crippen LogP contribution in [0, 0.1) is 5.82 Å². The molecule has 0 aliphatic heterocycles. The van der Waals surface area contributed by atoms with Crippen molar-refractivity contribution in [1.29, 1.82) is 0 Å². The van der Waals surface area contributed by atoms with Crippen molar-refractivity contribution in [1.82, 2.24) is 5.32 Å². The molecule has 4 nitrogen and oxygen atoms in total. The number of carbonyl (C=O) groups is 1. The Kier molecular flexibility index (Phi) is 5.97. The predicted molar refractivity (Wildman–Crippen MR) is 86.1 cm³/mol. The summed E-state index contributed by atoms with van der Waals surface area (Å²) in [6.45, 7) is 2.31. The lowest BCUT2D eigenvalue weighted by atomic mass is 10.1. The van der Waals surface area contributed by atoms with Crippen LogP contribution in [-0.2, 0) is 17.8 Å². The van der Waals surface area contributed by atoms with E-state index in [0.29, 0.717) is 12.3 Å². The van der Waals surface area contributed by atoms with Gasteiger partial charge in [0, 0.05) is 12.1 Å². The van der Waals surface area contributed by atoms with Gasteiger partial charge in [0.15, 0.2) is 6.61 Å². The zero-order valence-corrected chi connectivity index (χ0v) is 13.3. The molecule has 0 saturated carbocycles. The van der Waals surface area contributed by atoms with Gasteiger partial charge < -0.3 is 14.8 Å². The van der Waals surface area contributed by atoms with Crippen molar-refractivity contribution in [2.45, 2.75) is 19.9 Å². The number of hydrogen-bond acceptors (Lipinski definition) is 3. The second kappa shape index (κ2) is 8.17. The quantitative estimate of drug-likeness (QED) is 0.853. The Hall–Kier alpha value is -2.56. The molecule has 0 radical (unpaired) electrons. The molecule has 1 N–H and O–H groups in total. The van der Waals surface area contributed by atoms with E-state index < -0.39 is 0 Å². The van der Waals surface area contributed by atoms with Crippen molar-refractivity contribution in [3.8, 4) is 11.5 Å². The number of amides is 1. The number of aryl methyl sites for hydroxylation is 1. The Labute approximate surface area is 135 Å². The maximum atomic E-state index is 12.8. The van der Waals surface area contributed by atoms with Gasteiger partial charge in [-0.05, 0) is 42.3 Å². The normalized spacial score (nSPS) is 10.2. The van der Waals surface area contributed by atoms with E-state index in [-0.39, 0.29) is 18.3 Å². The van der Waals surface area contributed by atoms with Gasteiger partial charge in [0.1, 0.15) is 17.3 Å². The van der Waals surface area contributed by atoms with E-state index in [1.807, 2.05) is 18.2 Å². The van der Waals surface area contributed by atoms with Gasteiger partial charge in [0.05, 0.1) is 7.11 Å². The third-order valence-corrected chi connectivity index (χ3v) is 3.41. The molecule has 0 aromatic heterocycles. The highest BCUT2D eigenvalue weighted by Crippen LogP contribution is 2.20. The molecule has 0 spiro atoms. The number of rotatable bonds is 7. The number of halogens is 1. The second-order valence-corrected chi connectivity index (χ2v) is 5.02. The smallest absolute Gasteiger partial charge is 0.258 e. The standard InChI is InChI=1S/C18H20FNO3/c1-3-13-4-9-17(22-2)14(10-13)11-20-18(21)12-23-16-7-5-15(19)6-8-16/h4-10H,3,11-12H2,1-2H3,(H,20,21). The van der Waals surface area contributed by atoms with Crippen molar-refractivity contribution in [2.75, 3.05) is 13.7 Å². The summed E-state index contributed by atoms with van der Waals surface area (Å²) < 4.78 is 23.4. The van der Waals surface area contributed by atoms with Crippen LogP contribution in [-0.4, -0.2) is 19.6 Å². The highest BCUT2D eigenvalue weighted by molar-refractivity contribution is 5.77. The van der Waals surface area contributed by atoms with Gasteiger partial charge in [0.25, 0.3) is 5.91 Å². The van der Waals surface area contributed by atoms with Crippen molar-refractivity contribution in [3.05, 3.63) is 59.4 Å². The third kappa shape index (κ3) is 4.98. The van der Waals surface area contributed by atoms with Gasteiger partial charge in [-0.2, -0.15) is 0 Å². The molecule has 2 rings (SSSR count). The number of methoxy groups -OCH3 is 1. The minimum atomic E-state index is -0.343. The number of ether oxygens (including phenoxy) is 2. The van der Waals surface area contributed by atoms with E-state index in [1.165, 1.54) is 29.8 Å². The van der Waals surface area contributed by atoms with Gasteiger partial charge in [-0.3, -0.25) is 4.79 Å². The maximum Gasteiger partial charge on any atom is 0.258 e. The van der Waals surface area contributed by atoms with Crippen LogP contribution >= 0.6 is 0 Å². The molecule has 0 aliphatic carbocycles. The molecule has 0 aliphatic rings. The number of benzene rings is 2. The average Bonchev–Trinajstić information content (AvgIpc) is 2.59. The first-order valence-corrected chi connectivity index (χ1v) is 7.43. The maximum absolute atomic E-state index is 12.8. The van der Waals surface area contributed by atoms with E-state index in [9.17, 15) is 9.18 Å². The monoisotopic (exact) mass is 317 g/mol. The van der Waals surface area contributed by atoms with Gasteiger partial charge >= 0.3 is 0 Å². The van der Waals surface area contributed by atoms with Crippen LogP contribution in [0.4, 0.5) is 4.39 Å². The molecule has 122 valence electrons. The summed E-state index contributed by atoms with van der Waals surface area (Å²) in [5, 5.41) is 2.79. The van der Waals surface area contributed by atoms with Crippen LogP contribution in [0.1, 0.15) is 18.1 Å². The molecule has 0 atom stereocenters. The summed E-state index contributed by atoms with van der Waals surface area (Å²) in [6.07, 6.45) is 0.915. The molecule has 0 fully saturated rings. The van der Waals surface area contributed by atoms with Gasteiger partial charge in [-0.1, -0.05) is 19.1 Å². The minimum absolute atomic E-state index is 0.124. The van der Waals surface area contributed by atoms with Gasteiger partial charge in [-0.15, -0.1) is 0 Å². The number of carbonyl (C=O) groups excluding carboxylic acids is 1. The Morgan fingerprint density at radius 3 is 2.57 bits per heavy atom. The fraction of sp³-hybridized carbons (Fsp3) is 0.278. The van der Waals surface area contributed by atoms with Crippen molar-refractivity contribution >= 4 is 5.91 Å². The number of nitrogens with one attached hydrogen (secondary N) is 1. The molecule has 0 unspecified atom stereocenters. The lowest BCUT2D eigenvalue weighted by Gasteiger charge is -2.12. The largest absolute Gasteiger partial charge is 0.496 e. The third-order valence-electron chi connectivity index (χ3n) is 3.41. The van der Waals surface area contributed by atoms with Gasteiger partial charge in [0.2, 0.25) is 0 Å². The average molecular weight is 317 g/mol. The van der Waals surface area contributed by atoms with Crippen LogP contribution in [0.25, 0.3) is 0 Å². The lowest BCUT2D eigenvalue weighted by Crippen LogP contribution is -2.28. The summed E-state index contributed by atoms with van der Waals surface area (Å²) in [7, 11) is 1.60. The fourth-order valence-electron chi connectivity index (χ4n) is 2.11. The zero-order chi connectivity index (χ0) is 16.7. The summed E-state index contributed by atoms with van der Waals surface area (Å²) in [6, 6.07) is 11.5. The highest BCUT2D eigenvalue weighted by Gasteiger charge is 2.07. The van der Waals surface area contributed by atoms with Crippen LogP contribution in [0.2, 0.25) is 0 Å². The Bertz CT molecular complexity index is 656. The second-order valence-electron chi connectivity index (χ2n) is 5.02. The van der Waals surface area contributed by atoms with Crippen molar-refractivity contribution in [2.24, 2.45) is 0 Å². The van der Waals surface area contributed by atoms with Crippen molar-refractivity contribution < 1.29 is 18.7 Å². The molecule has 0 heterocycles. The zero-order valence-electron chi connectivity index (χ0n) is 13.3. The van der Waals surface area contributed by atoms with Crippen LogP contribution in [0.5, 0.6) is 11.5 Å². The SMILES string of the molecule is CCc1ccc(OC)c(CNC(=O)COc2ccc(F)cc2)c1. The Morgan fingerprint density at radius 2 is 1.91 bits per heavy atom. The minimum Gasteiger partial charge on any atom is -0.496 e. The van der Waals surface area contributed by atoms with Crippen LogP contribution < -0.4 is 14.8 Å². The first kappa shape index (κ1) is 16.8. The molecule has 1 amide bonds. The van der Waals surface area contributed by atoms with E-state index in [2.05, 4.69) is 12.2 Å². The van der Waals surface area contributed by atoms with Crippen molar-refractivity contribution in [3.63, 3.8) is 0 Å². The first-order valence-electron chi connectivity index (χ1n) is 7.43. The van der Waals surface area contributed by atoms with Crippen LogP contribution in [0.3, 0.4) is 0 Å². The fourth-order valence-corrected chi connectivity index (χ4v) is 2.11. The summed E-state index contributed by atoms with van der Waals surface area (Å²) in [5.74, 6) is 0.594. The van der Waals surface area contributed by atoms with E-state index >= 15 is 0 Å². The Balaban J connectivity index is 1.87. The molecule has 0 saturated heterocycles. The topological polar surface area (TPSA) is 47.6 Å². The molecular formula is C18H20FNO3.